The monoisotopic (exact) mass is 381 g/mol. The summed E-state index contributed by atoms with van der Waals surface area (Å²) in [7, 11) is 0. The molecule has 27 heavy (non-hydrogen) atoms. The maximum absolute atomic E-state index is 12.7. The fourth-order valence-corrected chi connectivity index (χ4v) is 3.15. The number of amides is 1. The summed E-state index contributed by atoms with van der Waals surface area (Å²) in [6, 6.07) is 11.7. The van der Waals surface area contributed by atoms with Gasteiger partial charge >= 0.3 is 0 Å². The molecular weight excluding hydrogens is 362 g/mol. The topological polar surface area (TPSA) is 59.2 Å². The first-order valence-electron chi connectivity index (χ1n) is 9.08. The Kier molecular flexibility index (Phi) is 5.21. The Morgan fingerprint density at radius 1 is 1.15 bits per heavy atom. The summed E-state index contributed by atoms with van der Waals surface area (Å²) in [5.41, 5.74) is 2.02. The van der Waals surface area contributed by atoms with Gasteiger partial charge in [-0.05, 0) is 54.8 Å². The molecule has 0 saturated heterocycles. The van der Waals surface area contributed by atoms with Crippen LogP contribution in [-0.4, -0.2) is 26.8 Å². The minimum Gasteiger partial charge on any atom is -0.441 e. The number of pyridine rings is 1. The van der Waals surface area contributed by atoms with Crippen LogP contribution in [0.2, 0.25) is 5.02 Å². The molecule has 0 bridgehead atoms. The number of hydrogen-bond acceptors (Lipinski definition) is 4. The second kappa shape index (κ2) is 7.92. The first-order chi connectivity index (χ1) is 13.2. The number of aryl methyl sites for hydroxylation is 1. The van der Waals surface area contributed by atoms with Crippen LogP contribution in [0, 0.1) is 0 Å². The summed E-state index contributed by atoms with van der Waals surface area (Å²) in [5.74, 6) is 1.40. The van der Waals surface area contributed by atoms with Crippen molar-refractivity contribution in [3.8, 4) is 11.3 Å². The fourth-order valence-electron chi connectivity index (χ4n) is 3.02. The van der Waals surface area contributed by atoms with E-state index >= 15 is 0 Å². The molecule has 1 aliphatic rings. The standard InChI is InChI=1S/C21H20ClN3O2/c22-17-3-1-16(2-4-17)19-13-24-20(27-19)7-8-21(26)25(18-5-6-18)14-15-9-11-23-12-10-15/h1-4,9-13,18H,5-8,14H2. The summed E-state index contributed by atoms with van der Waals surface area (Å²) in [6.07, 6.45) is 8.26. The van der Waals surface area contributed by atoms with Gasteiger partial charge in [0.15, 0.2) is 11.7 Å². The third-order valence-corrected chi connectivity index (χ3v) is 4.90. The second-order valence-corrected chi connectivity index (χ2v) is 7.17. The van der Waals surface area contributed by atoms with Crippen LogP contribution in [0.1, 0.15) is 30.7 Å². The van der Waals surface area contributed by atoms with E-state index in [1.807, 2.05) is 41.3 Å². The number of carbonyl (C=O) groups excluding carboxylic acids is 1. The number of rotatable bonds is 7. The molecule has 0 radical (unpaired) electrons. The van der Waals surface area contributed by atoms with Crippen molar-refractivity contribution < 1.29 is 9.21 Å². The van der Waals surface area contributed by atoms with Crippen LogP contribution in [0.5, 0.6) is 0 Å². The van der Waals surface area contributed by atoms with Gasteiger partial charge in [0.05, 0.1) is 6.20 Å². The molecule has 1 aliphatic carbocycles. The Bertz CT molecular complexity index is 905. The summed E-state index contributed by atoms with van der Waals surface area (Å²) in [4.78, 5) is 23.1. The zero-order valence-electron chi connectivity index (χ0n) is 14.8. The average molecular weight is 382 g/mol. The smallest absolute Gasteiger partial charge is 0.223 e. The first-order valence-corrected chi connectivity index (χ1v) is 9.46. The Hall–Kier alpha value is -2.66. The molecule has 5 nitrogen and oxygen atoms in total. The zero-order valence-corrected chi connectivity index (χ0v) is 15.6. The third kappa shape index (κ3) is 4.55. The molecule has 0 unspecified atom stereocenters. The van der Waals surface area contributed by atoms with E-state index in [1.165, 1.54) is 0 Å². The van der Waals surface area contributed by atoms with Crippen molar-refractivity contribution in [2.75, 3.05) is 0 Å². The van der Waals surface area contributed by atoms with Crippen molar-refractivity contribution in [3.63, 3.8) is 0 Å². The van der Waals surface area contributed by atoms with Gasteiger partial charge in [0.2, 0.25) is 5.91 Å². The number of benzene rings is 1. The highest BCUT2D eigenvalue weighted by atomic mass is 35.5. The van der Waals surface area contributed by atoms with E-state index in [-0.39, 0.29) is 5.91 Å². The quantitative estimate of drug-likeness (QED) is 0.604. The van der Waals surface area contributed by atoms with E-state index in [0.29, 0.717) is 42.1 Å². The molecular formula is C21H20ClN3O2. The summed E-state index contributed by atoms with van der Waals surface area (Å²) < 4.78 is 5.80. The Labute approximate surface area is 163 Å². The van der Waals surface area contributed by atoms with Crippen LogP contribution in [0.25, 0.3) is 11.3 Å². The number of oxazole rings is 1. The van der Waals surface area contributed by atoms with Gasteiger partial charge in [-0.3, -0.25) is 9.78 Å². The predicted molar refractivity (Wildman–Crippen MR) is 103 cm³/mol. The molecule has 6 heteroatoms. The molecule has 138 valence electrons. The SMILES string of the molecule is O=C(CCc1ncc(-c2ccc(Cl)cc2)o1)N(Cc1ccncc1)C1CC1. The van der Waals surface area contributed by atoms with Crippen molar-refractivity contribution in [2.45, 2.75) is 38.3 Å². The van der Waals surface area contributed by atoms with Crippen LogP contribution in [0.3, 0.4) is 0 Å². The van der Waals surface area contributed by atoms with Crippen molar-refractivity contribution in [2.24, 2.45) is 0 Å². The lowest BCUT2D eigenvalue weighted by Gasteiger charge is -2.22. The fraction of sp³-hybridized carbons (Fsp3) is 0.286. The van der Waals surface area contributed by atoms with E-state index in [4.69, 9.17) is 16.0 Å². The Morgan fingerprint density at radius 3 is 2.59 bits per heavy atom. The highest BCUT2D eigenvalue weighted by Gasteiger charge is 2.32. The predicted octanol–water partition coefficient (Wildman–Crippen LogP) is 4.51. The van der Waals surface area contributed by atoms with Gasteiger partial charge in [-0.25, -0.2) is 4.98 Å². The lowest BCUT2D eigenvalue weighted by Crippen LogP contribution is -2.32. The molecule has 0 spiro atoms. The van der Waals surface area contributed by atoms with E-state index in [1.54, 1.807) is 18.6 Å². The van der Waals surface area contributed by atoms with Crippen molar-refractivity contribution in [3.05, 3.63) is 71.5 Å². The number of carbonyl (C=O) groups is 1. The zero-order chi connectivity index (χ0) is 18.6. The number of halogens is 1. The van der Waals surface area contributed by atoms with Gasteiger partial charge in [0.1, 0.15) is 0 Å². The normalized spacial score (nSPS) is 13.5. The van der Waals surface area contributed by atoms with Crippen LogP contribution in [-0.2, 0) is 17.8 Å². The molecule has 1 aromatic carbocycles. The number of hydrogen-bond donors (Lipinski definition) is 0. The van der Waals surface area contributed by atoms with E-state index in [9.17, 15) is 4.79 Å². The van der Waals surface area contributed by atoms with Crippen molar-refractivity contribution in [1.29, 1.82) is 0 Å². The van der Waals surface area contributed by atoms with E-state index < -0.39 is 0 Å². The van der Waals surface area contributed by atoms with Crippen molar-refractivity contribution in [1.82, 2.24) is 14.9 Å². The maximum Gasteiger partial charge on any atom is 0.223 e. The third-order valence-electron chi connectivity index (χ3n) is 4.65. The van der Waals surface area contributed by atoms with Gasteiger partial charge < -0.3 is 9.32 Å². The van der Waals surface area contributed by atoms with Crippen LogP contribution < -0.4 is 0 Å². The van der Waals surface area contributed by atoms with E-state index in [0.717, 1.165) is 24.0 Å². The minimum atomic E-state index is 0.139. The number of aromatic nitrogens is 2. The second-order valence-electron chi connectivity index (χ2n) is 6.73. The minimum absolute atomic E-state index is 0.139. The maximum atomic E-state index is 12.7. The molecule has 0 atom stereocenters. The molecule has 0 N–H and O–H groups in total. The highest BCUT2D eigenvalue weighted by molar-refractivity contribution is 6.30. The lowest BCUT2D eigenvalue weighted by atomic mass is 10.2. The van der Waals surface area contributed by atoms with Gasteiger partial charge in [-0.2, -0.15) is 0 Å². The molecule has 4 rings (SSSR count). The lowest BCUT2D eigenvalue weighted by molar-refractivity contribution is -0.132. The largest absolute Gasteiger partial charge is 0.441 e. The van der Waals surface area contributed by atoms with Crippen LogP contribution >= 0.6 is 11.6 Å². The van der Waals surface area contributed by atoms with Crippen LogP contribution in [0.15, 0.2) is 59.4 Å². The molecule has 1 saturated carbocycles. The first kappa shape index (κ1) is 17.7. The Morgan fingerprint density at radius 2 is 1.89 bits per heavy atom. The van der Waals surface area contributed by atoms with E-state index in [2.05, 4.69) is 9.97 Å². The number of nitrogens with zero attached hydrogens (tertiary/aromatic N) is 3. The van der Waals surface area contributed by atoms with Crippen LogP contribution in [0.4, 0.5) is 0 Å². The summed E-state index contributed by atoms with van der Waals surface area (Å²) in [5, 5.41) is 0.679. The van der Waals surface area contributed by atoms with Gasteiger partial charge in [-0.15, -0.1) is 0 Å². The Balaban J connectivity index is 1.37. The van der Waals surface area contributed by atoms with Gasteiger partial charge in [-0.1, -0.05) is 11.6 Å². The molecule has 2 aromatic heterocycles. The summed E-state index contributed by atoms with van der Waals surface area (Å²) in [6.45, 7) is 0.633. The molecule has 3 aromatic rings. The average Bonchev–Trinajstić information content (AvgIpc) is 3.43. The van der Waals surface area contributed by atoms with Gasteiger partial charge in [0, 0.05) is 48.4 Å². The summed E-state index contributed by atoms with van der Waals surface area (Å²) >= 11 is 5.92. The highest BCUT2D eigenvalue weighted by Crippen LogP contribution is 2.29. The molecule has 1 fully saturated rings. The van der Waals surface area contributed by atoms with Crippen molar-refractivity contribution >= 4 is 17.5 Å². The molecule has 0 aliphatic heterocycles. The molecule has 1 amide bonds. The molecule has 2 heterocycles. The van der Waals surface area contributed by atoms with Gasteiger partial charge in [0.25, 0.3) is 0 Å².